The Balaban J connectivity index is 1.35. The van der Waals surface area contributed by atoms with Crippen LogP contribution in [-0.4, -0.2) is 51.5 Å². The smallest absolute Gasteiger partial charge is 0.414 e. The lowest BCUT2D eigenvalue weighted by molar-refractivity contribution is -0.117. The molecule has 0 radical (unpaired) electrons. The van der Waals surface area contributed by atoms with Gasteiger partial charge in [0.2, 0.25) is 5.91 Å². The minimum Gasteiger partial charge on any atom is -0.442 e. The summed E-state index contributed by atoms with van der Waals surface area (Å²) in [4.78, 5) is 40.2. The molecule has 0 bridgehead atoms. The molecule has 1 atom stereocenters. The number of carbonyl (C=O) groups excluding carboxylic acids is 3. The summed E-state index contributed by atoms with van der Waals surface area (Å²) in [6.07, 6.45) is 0.615. The van der Waals surface area contributed by atoms with Crippen LogP contribution < -0.4 is 19.9 Å². The average molecular weight is 397 g/mol. The molecule has 2 aromatic rings. The fraction of sp³-hybridized carbons (Fsp3) is 0.316. The number of hydrogen-bond acceptors (Lipinski definition) is 5. The minimum absolute atomic E-state index is 0.130. The van der Waals surface area contributed by atoms with E-state index in [9.17, 15) is 14.4 Å². The van der Waals surface area contributed by atoms with Crippen LogP contribution >= 0.6 is 11.3 Å². The third-order valence-electron chi connectivity index (χ3n) is 4.87. The Bertz CT molecular complexity index is 914. The molecular formula is C19H20BN3O4S. The average Bonchev–Trinajstić information content (AvgIpc) is 3.40. The van der Waals surface area contributed by atoms with E-state index in [0.717, 1.165) is 23.4 Å². The molecule has 0 aliphatic carbocycles. The van der Waals surface area contributed by atoms with E-state index in [0.29, 0.717) is 23.5 Å². The van der Waals surface area contributed by atoms with Gasteiger partial charge in [-0.25, -0.2) is 4.79 Å². The van der Waals surface area contributed by atoms with Crippen molar-refractivity contribution in [2.75, 3.05) is 29.4 Å². The predicted molar refractivity (Wildman–Crippen MR) is 110 cm³/mol. The molecule has 4 rings (SSSR count). The van der Waals surface area contributed by atoms with Crippen LogP contribution in [0, 0.1) is 0 Å². The molecular weight excluding hydrogens is 377 g/mol. The Morgan fingerprint density at radius 1 is 1.14 bits per heavy atom. The molecule has 0 saturated carbocycles. The molecule has 0 unspecified atom stereocenters. The number of anilines is 2. The fourth-order valence-corrected chi connectivity index (χ4v) is 4.21. The second kappa shape index (κ2) is 7.67. The van der Waals surface area contributed by atoms with Gasteiger partial charge in [-0.1, -0.05) is 6.07 Å². The molecule has 7 nitrogen and oxygen atoms in total. The fourth-order valence-electron chi connectivity index (χ4n) is 3.42. The van der Waals surface area contributed by atoms with Crippen molar-refractivity contribution in [3.8, 4) is 0 Å². The van der Waals surface area contributed by atoms with E-state index in [1.165, 1.54) is 11.3 Å². The molecule has 3 amide bonds. The Morgan fingerprint density at radius 3 is 2.46 bits per heavy atom. The van der Waals surface area contributed by atoms with Crippen molar-refractivity contribution in [1.29, 1.82) is 0 Å². The standard InChI is InChI=1S/C19H20BN3O4S/c20-16-8-7-15(28-16)18(25)21-10-14-11-23(19(26)27-14)13-5-3-12(4-6-13)22-9-1-2-17(22)24/h3-8,14H,1-2,9-11,20H2,(H,21,25)/t14-/m0/s1. The van der Waals surface area contributed by atoms with Crippen LogP contribution in [0.25, 0.3) is 0 Å². The van der Waals surface area contributed by atoms with E-state index in [4.69, 9.17) is 4.74 Å². The van der Waals surface area contributed by atoms with Crippen LogP contribution in [0.2, 0.25) is 0 Å². The molecule has 1 N–H and O–H groups in total. The maximum atomic E-state index is 12.2. The summed E-state index contributed by atoms with van der Waals surface area (Å²) in [7, 11) is 1.95. The zero-order valence-electron chi connectivity index (χ0n) is 15.5. The van der Waals surface area contributed by atoms with Crippen molar-refractivity contribution < 1.29 is 19.1 Å². The van der Waals surface area contributed by atoms with Crippen molar-refractivity contribution in [2.24, 2.45) is 0 Å². The van der Waals surface area contributed by atoms with E-state index in [-0.39, 0.29) is 18.4 Å². The van der Waals surface area contributed by atoms with Gasteiger partial charge < -0.3 is 15.0 Å². The Hall–Kier alpha value is -2.81. The molecule has 144 valence electrons. The summed E-state index contributed by atoms with van der Waals surface area (Å²) in [6, 6.07) is 11.0. The lowest BCUT2D eigenvalue weighted by atomic mass is 10.1. The van der Waals surface area contributed by atoms with Gasteiger partial charge in [-0.3, -0.25) is 14.5 Å². The summed E-state index contributed by atoms with van der Waals surface area (Å²) in [6.45, 7) is 1.36. The van der Waals surface area contributed by atoms with Crippen molar-refractivity contribution >= 4 is 53.2 Å². The number of amides is 3. The minimum atomic E-state index is -0.434. The highest BCUT2D eigenvalue weighted by Crippen LogP contribution is 2.27. The third kappa shape index (κ3) is 3.75. The highest BCUT2D eigenvalue weighted by Gasteiger charge is 2.33. The van der Waals surface area contributed by atoms with Crippen LogP contribution in [0.5, 0.6) is 0 Å². The molecule has 0 spiro atoms. The predicted octanol–water partition coefficient (Wildman–Crippen LogP) is 0.888. The van der Waals surface area contributed by atoms with Gasteiger partial charge in [0.05, 0.1) is 18.0 Å². The zero-order valence-corrected chi connectivity index (χ0v) is 16.3. The van der Waals surface area contributed by atoms with Gasteiger partial charge in [0.1, 0.15) is 6.10 Å². The molecule has 1 aromatic heterocycles. The summed E-state index contributed by atoms with van der Waals surface area (Å²) < 4.78 is 6.45. The number of nitrogens with one attached hydrogen (secondary N) is 1. The summed E-state index contributed by atoms with van der Waals surface area (Å²) in [5, 5.41) is 2.82. The number of nitrogens with zero attached hydrogens (tertiary/aromatic N) is 2. The maximum Gasteiger partial charge on any atom is 0.414 e. The maximum absolute atomic E-state index is 12.2. The lowest BCUT2D eigenvalue weighted by Gasteiger charge is -2.18. The highest BCUT2D eigenvalue weighted by molar-refractivity contribution is 7.21. The van der Waals surface area contributed by atoms with Gasteiger partial charge in [-0.15, -0.1) is 11.3 Å². The molecule has 2 aliphatic rings. The van der Waals surface area contributed by atoms with Crippen LogP contribution in [0.4, 0.5) is 16.2 Å². The van der Waals surface area contributed by atoms with Gasteiger partial charge in [0, 0.05) is 24.3 Å². The quantitative estimate of drug-likeness (QED) is 0.761. The summed E-state index contributed by atoms with van der Waals surface area (Å²) in [5.74, 6) is -0.0303. The number of ether oxygens (including phenoxy) is 1. The molecule has 2 aliphatic heterocycles. The monoisotopic (exact) mass is 397 g/mol. The first-order valence-corrected chi connectivity index (χ1v) is 10.1. The van der Waals surface area contributed by atoms with E-state index < -0.39 is 12.2 Å². The Labute approximate surface area is 167 Å². The number of cyclic esters (lactones) is 1. The topological polar surface area (TPSA) is 79.0 Å². The van der Waals surface area contributed by atoms with Gasteiger partial charge in [-0.2, -0.15) is 0 Å². The van der Waals surface area contributed by atoms with Crippen LogP contribution in [0.3, 0.4) is 0 Å². The number of benzene rings is 1. The summed E-state index contributed by atoms with van der Waals surface area (Å²) >= 11 is 1.43. The van der Waals surface area contributed by atoms with Gasteiger partial charge in [-0.05, 0) is 41.5 Å². The summed E-state index contributed by atoms with van der Waals surface area (Å²) in [5.41, 5.74) is 1.55. The van der Waals surface area contributed by atoms with Crippen LogP contribution in [0.1, 0.15) is 22.5 Å². The molecule has 1 aromatic carbocycles. The van der Waals surface area contributed by atoms with Crippen LogP contribution in [0.15, 0.2) is 36.4 Å². The van der Waals surface area contributed by atoms with Crippen molar-refractivity contribution in [3.63, 3.8) is 0 Å². The number of hydrogen-bond donors (Lipinski definition) is 1. The van der Waals surface area contributed by atoms with E-state index in [2.05, 4.69) is 5.32 Å². The van der Waals surface area contributed by atoms with Gasteiger partial charge >= 0.3 is 6.09 Å². The zero-order chi connectivity index (χ0) is 19.7. The molecule has 28 heavy (non-hydrogen) atoms. The molecule has 3 heterocycles. The molecule has 2 saturated heterocycles. The first kappa shape index (κ1) is 18.6. The second-order valence-electron chi connectivity index (χ2n) is 6.90. The number of carbonyl (C=O) groups is 3. The lowest BCUT2D eigenvalue weighted by Crippen LogP contribution is -2.34. The number of rotatable bonds is 5. The van der Waals surface area contributed by atoms with Crippen molar-refractivity contribution in [2.45, 2.75) is 18.9 Å². The Kier molecular flexibility index (Phi) is 5.08. The van der Waals surface area contributed by atoms with Gasteiger partial charge in [0.15, 0.2) is 7.85 Å². The highest BCUT2D eigenvalue weighted by atomic mass is 32.1. The SMILES string of the molecule is Bc1ccc(C(=O)NC[C@H]2CN(c3ccc(N4CCCC4=O)cc3)C(=O)O2)s1. The van der Waals surface area contributed by atoms with Gasteiger partial charge in [0.25, 0.3) is 5.91 Å². The largest absolute Gasteiger partial charge is 0.442 e. The molecule has 2 fully saturated rings. The Morgan fingerprint density at radius 2 is 1.86 bits per heavy atom. The second-order valence-corrected chi connectivity index (χ2v) is 8.19. The normalized spacial score (nSPS) is 19.2. The molecule has 9 heteroatoms. The van der Waals surface area contributed by atoms with E-state index in [1.807, 2.05) is 38.2 Å². The van der Waals surface area contributed by atoms with Crippen molar-refractivity contribution in [1.82, 2.24) is 5.32 Å². The third-order valence-corrected chi connectivity index (χ3v) is 5.87. The first-order valence-electron chi connectivity index (χ1n) is 9.24. The van der Waals surface area contributed by atoms with E-state index >= 15 is 0 Å². The van der Waals surface area contributed by atoms with E-state index in [1.54, 1.807) is 15.9 Å². The number of thiophene rings is 1. The first-order chi connectivity index (χ1) is 13.5. The van der Waals surface area contributed by atoms with Crippen molar-refractivity contribution in [3.05, 3.63) is 41.3 Å². The van der Waals surface area contributed by atoms with Crippen LogP contribution in [-0.2, 0) is 9.53 Å².